The van der Waals surface area contributed by atoms with Gasteiger partial charge < -0.3 is 10.3 Å². The molecule has 1 aromatic heterocycles. The first kappa shape index (κ1) is 15.7. The van der Waals surface area contributed by atoms with Gasteiger partial charge in [-0.2, -0.15) is 0 Å². The Hall–Kier alpha value is -1.70. The van der Waals surface area contributed by atoms with Gasteiger partial charge in [0.15, 0.2) is 5.03 Å². The van der Waals surface area contributed by atoms with Crippen LogP contribution in [0.2, 0.25) is 0 Å². The van der Waals surface area contributed by atoms with Crippen LogP contribution in [0.25, 0.3) is 0 Å². The Bertz CT molecular complexity index is 722. The van der Waals surface area contributed by atoms with E-state index in [0.29, 0.717) is 18.9 Å². The van der Waals surface area contributed by atoms with E-state index in [2.05, 4.69) is 9.71 Å². The summed E-state index contributed by atoms with van der Waals surface area (Å²) in [6.45, 7) is 4.99. The maximum Gasteiger partial charge on any atom is 0.259 e. The van der Waals surface area contributed by atoms with Crippen LogP contribution in [0.5, 0.6) is 0 Å². The third-order valence-electron chi connectivity index (χ3n) is 3.36. The summed E-state index contributed by atoms with van der Waals surface area (Å²) in [5.74, 6) is 0.681. The van der Waals surface area contributed by atoms with Crippen molar-refractivity contribution in [2.24, 2.45) is 5.73 Å². The second-order valence-electron chi connectivity index (χ2n) is 4.71. The monoisotopic (exact) mass is 308 g/mol. The minimum Gasteiger partial charge on any atom is -0.334 e. The maximum atomic E-state index is 12.3. The number of nitrogens with two attached hydrogens (primary N) is 1. The second-order valence-corrected chi connectivity index (χ2v) is 6.42. The van der Waals surface area contributed by atoms with Gasteiger partial charge in [0.25, 0.3) is 10.0 Å². The van der Waals surface area contributed by atoms with Crippen molar-refractivity contribution >= 4 is 10.0 Å². The Morgan fingerprint density at radius 2 is 1.95 bits per heavy atom. The van der Waals surface area contributed by atoms with Gasteiger partial charge in [-0.05, 0) is 25.0 Å². The van der Waals surface area contributed by atoms with Gasteiger partial charge in [0.05, 0.1) is 0 Å². The molecule has 0 radical (unpaired) electrons. The molecule has 0 aliphatic carbocycles. The molecule has 0 saturated heterocycles. The first-order valence-corrected chi connectivity index (χ1v) is 8.26. The highest BCUT2D eigenvalue weighted by molar-refractivity contribution is 7.89. The summed E-state index contributed by atoms with van der Waals surface area (Å²) in [6, 6.07) is 7.49. The van der Waals surface area contributed by atoms with Crippen LogP contribution in [0.15, 0.2) is 35.5 Å². The molecule has 2 rings (SSSR count). The average molecular weight is 308 g/mol. The van der Waals surface area contributed by atoms with Crippen LogP contribution in [0.1, 0.15) is 23.9 Å². The first-order chi connectivity index (χ1) is 9.97. The van der Waals surface area contributed by atoms with Crippen molar-refractivity contribution in [1.29, 1.82) is 0 Å². The molecule has 0 aliphatic heterocycles. The molecule has 3 N–H and O–H groups in total. The Kier molecular flexibility index (Phi) is 4.76. The number of hydrogen-bond donors (Lipinski definition) is 2. The van der Waals surface area contributed by atoms with Crippen LogP contribution >= 0.6 is 0 Å². The molecule has 6 nitrogen and oxygen atoms in total. The average Bonchev–Trinajstić information content (AvgIpc) is 2.87. The minimum atomic E-state index is -3.62. The fourth-order valence-corrected chi connectivity index (χ4v) is 3.12. The molecule has 0 aliphatic rings. The molecule has 7 heteroatoms. The molecular formula is C14H20N4O2S. The predicted molar refractivity (Wildman–Crippen MR) is 81.0 cm³/mol. The molecule has 0 bridgehead atoms. The van der Waals surface area contributed by atoms with Crippen molar-refractivity contribution in [2.45, 2.75) is 38.5 Å². The topological polar surface area (TPSA) is 90.0 Å². The quantitative estimate of drug-likeness (QED) is 0.837. The van der Waals surface area contributed by atoms with Crippen molar-refractivity contribution in [3.8, 4) is 0 Å². The lowest BCUT2D eigenvalue weighted by Gasteiger charge is -2.08. The first-order valence-electron chi connectivity index (χ1n) is 6.78. The summed E-state index contributed by atoms with van der Waals surface area (Å²) in [5, 5.41) is 0.0482. The van der Waals surface area contributed by atoms with E-state index < -0.39 is 10.0 Å². The molecule has 2 aromatic rings. The number of hydrogen-bond acceptors (Lipinski definition) is 4. The van der Waals surface area contributed by atoms with Crippen LogP contribution < -0.4 is 10.5 Å². The lowest BCUT2D eigenvalue weighted by molar-refractivity contribution is 0.577. The number of aromatic nitrogens is 2. The molecule has 0 saturated carbocycles. The number of nitrogens with one attached hydrogen (secondary N) is 1. The number of imidazole rings is 1. The Morgan fingerprint density at radius 3 is 2.52 bits per heavy atom. The summed E-state index contributed by atoms with van der Waals surface area (Å²) in [6.07, 6.45) is 1.55. The zero-order valence-electron chi connectivity index (χ0n) is 12.2. The lowest BCUT2D eigenvalue weighted by Crippen LogP contribution is -2.24. The predicted octanol–water partition coefficient (Wildman–Crippen LogP) is 1.15. The Morgan fingerprint density at radius 1 is 1.29 bits per heavy atom. The van der Waals surface area contributed by atoms with Gasteiger partial charge in [-0.3, -0.25) is 0 Å². The number of rotatable bonds is 6. The zero-order valence-corrected chi connectivity index (χ0v) is 13.0. The van der Waals surface area contributed by atoms with E-state index in [9.17, 15) is 8.42 Å². The molecule has 0 amide bonds. The normalized spacial score (nSPS) is 11.8. The van der Waals surface area contributed by atoms with E-state index in [4.69, 9.17) is 5.73 Å². The van der Waals surface area contributed by atoms with Crippen LogP contribution in [0, 0.1) is 6.92 Å². The molecule has 0 spiro atoms. The zero-order chi connectivity index (χ0) is 15.5. The lowest BCUT2D eigenvalue weighted by atomic mass is 10.1. The molecule has 1 heterocycles. The smallest absolute Gasteiger partial charge is 0.259 e. The second kappa shape index (κ2) is 6.38. The van der Waals surface area contributed by atoms with Gasteiger partial charge in [-0.15, -0.1) is 0 Å². The minimum absolute atomic E-state index is 0.0482. The molecule has 0 fully saturated rings. The highest BCUT2D eigenvalue weighted by Gasteiger charge is 2.18. The summed E-state index contributed by atoms with van der Waals surface area (Å²) >= 11 is 0. The maximum absolute atomic E-state index is 12.3. The van der Waals surface area contributed by atoms with Gasteiger partial charge in [0.2, 0.25) is 0 Å². The van der Waals surface area contributed by atoms with E-state index in [1.54, 1.807) is 17.7 Å². The highest BCUT2D eigenvalue weighted by Crippen LogP contribution is 2.12. The molecule has 21 heavy (non-hydrogen) atoms. The number of sulfonamides is 1. The van der Waals surface area contributed by atoms with Crippen molar-refractivity contribution in [3.05, 3.63) is 47.4 Å². The van der Waals surface area contributed by atoms with Crippen LogP contribution in [-0.4, -0.2) is 18.0 Å². The standard InChI is InChI=1S/C14H20N4O2S/c1-3-18-10-14(17-11(18)2)21(19,20)16-9-13-7-5-4-6-12(13)8-15/h4-7,10,16H,3,8-9,15H2,1-2H3. The summed E-state index contributed by atoms with van der Waals surface area (Å²) in [5.41, 5.74) is 7.45. The summed E-state index contributed by atoms with van der Waals surface area (Å²) in [4.78, 5) is 4.10. The van der Waals surface area contributed by atoms with Crippen molar-refractivity contribution in [1.82, 2.24) is 14.3 Å². The third kappa shape index (κ3) is 3.49. The van der Waals surface area contributed by atoms with Gasteiger partial charge >= 0.3 is 0 Å². The third-order valence-corrected chi connectivity index (χ3v) is 4.63. The fourth-order valence-electron chi connectivity index (χ4n) is 2.10. The largest absolute Gasteiger partial charge is 0.334 e. The van der Waals surface area contributed by atoms with Crippen molar-refractivity contribution < 1.29 is 8.42 Å². The van der Waals surface area contributed by atoms with E-state index >= 15 is 0 Å². The Balaban J connectivity index is 2.17. The highest BCUT2D eigenvalue weighted by atomic mass is 32.2. The van der Waals surface area contributed by atoms with E-state index in [0.717, 1.165) is 11.1 Å². The summed E-state index contributed by atoms with van der Waals surface area (Å²) < 4.78 is 28.9. The van der Waals surface area contributed by atoms with Gasteiger partial charge in [-0.1, -0.05) is 24.3 Å². The van der Waals surface area contributed by atoms with Crippen LogP contribution in [-0.2, 0) is 29.7 Å². The molecular weight excluding hydrogens is 288 g/mol. The van der Waals surface area contributed by atoms with Gasteiger partial charge in [0.1, 0.15) is 5.82 Å². The van der Waals surface area contributed by atoms with Crippen LogP contribution in [0.4, 0.5) is 0 Å². The van der Waals surface area contributed by atoms with Crippen LogP contribution in [0.3, 0.4) is 0 Å². The van der Waals surface area contributed by atoms with E-state index in [1.807, 2.05) is 31.2 Å². The molecule has 0 atom stereocenters. The molecule has 114 valence electrons. The number of aryl methyl sites for hydroxylation is 2. The Labute approximate surface area is 125 Å². The van der Waals surface area contributed by atoms with Crippen molar-refractivity contribution in [3.63, 3.8) is 0 Å². The van der Waals surface area contributed by atoms with Gasteiger partial charge in [0, 0.05) is 25.8 Å². The molecule has 0 unspecified atom stereocenters. The van der Waals surface area contributed by atoms with E-state index in [-0.39, 0.29) is 11.6 Å². The molecule has 1 aromatic carbocycles. The van der Waals surface area contributed by atoms with E-state index in [1.165, 1.54) is 0 Å². The summed E-state index contributed by atoms with van der Waals surface area (Å²) in [7, 11) is -3.62. The number of nitrogens with zero attached hydrogens (tertiary/aromatic N) is 2. The SMILES string of the molecule is CCn1cc(S(=O)(=O)NCc2ccccc2CN)nc1C. The fraction of sp³-hybridized carbons (Fsp3) is 0.357. The number of benzene rings is 1. The van der Waals surface area contributed by atoms with Crippen molar-refractivity contribution in [2.75, 3.05) is 0 Å². The van der Waals surface area contributed by atoms with Gasteiger partial charge in [-0.25, -0.2) is 18.1 Å².